The largest absolute Gasteiger partial charge is 0.366 e. The number of nitrogens with one attached hydrogen (secondary N) is 2. The maximum absolute atomic E-state index is 11.9. The van der Waals surface area contributed by atoms with Crippen molar-refractivity contribution in [3.05, 3.63) is 34.4 Å². The summed E-state index contributed by atoms with van der Waals surface area (Å²) in [5.41, 5.74) is 5.29. The molecule has 1 aliphatic rings. The molecule has 1 heterocycles. The molecule has 2 rings (SSSR count). The van der Waals surface area contributed by atoms with Crippen molar-refractivity contribution in [2.75, 3.05) is 18.0 Å². The van der Waals surface area contributed by atoms with Crippen molar-refractivity contribution in [1.82, 2.24) is 10.9 Å². The van der Waals surface area contributed by atoms with E-state index in [1.54, 1.807) is 18.2 Å². The van der Waals surface area contributed by atoms with Crippen LogP contribution in [0.3, 0.4) is 0 Å². The van der Waals surface area contributed by atoms with Crippen LogP contribution in [0.1, 0.15) is 19.8 Å². The third-order valence-electron chi connectivity index (χ3n) is 3.65. The van der Waals surface area contributed by atoms with Crippen LogP contribution in [0.4, 0.5) is 11.4 Å². The first-order chi connectivity index (χ1) is 10.5. The Bertz CT molecular complexity index is 582. The standard InChI is InChI=1S/C14H18N4O4/c1-10(19)15-16-14(20)11-6-8-17(9-7-11)12-4-2-3-5-13(12)18(21)22/h2-5,11H,6-9H2,1H3,(H,15,19)(H,16,20). The van der Waals surface area contributed by atoms with Gasteiger partial charge < -0.3 is 4.90 Å². The number of piperidine rings is 1. The van der Waals surface area contributed by atoms with Crippen molar-refractivity contribution in [2.45, 2.75) is 19.8 Å². The number of nitro groups is 1. The first-order valence-corrected chi connectivity index (χ1v) is 7.04. The summed E-state index contributed by atoms with van der Waals surface area (Å²) in [6.07, 6.45) is 1.16. The minimum absolute atomic E-state index is 0.0728. The molecule has 2 amide bonds. The zero-order valence-electron chi connectivity index (χ0n) is 12.2. The van der Waals surface area contributed by atoms with Gasteiger partial charge in [0, 0.05) is 32.0 Å². The van der Waals surface area contributed by atoms with Gasteiger partial charge in [-0.05, 0) is 18.9 Å². The molecule has 2 N–H and O–H groups in total. The number of para-hydroxylation sites is 2. The number of rotatable bonds is 3. The molecular formula is C14H18N4O4. The third-order valence-corrected chi connectivity index (χ3v) is 3.65. The Hall–Kier alpha value is -2.64. The highest BCUT2D eigenvalue weighted by Crippen LogP contribution is 2.31. The van der Waals surface area contributed by atoms with E-state index in [4.69, 9.17) is 0 Å². The Kier molecular flexibility index (Phi) is 4.92. The van der Waals surface area contributed by atoms with E-state index < -0.39 is 4.92 Å². The molecular weight excluding hydrogens is 288 g/mol. The monoisotopic (exact) mass is 306 g/mol. The van der Waals surface area contributed by atoms with Crippen LogP contribution in [0, 0.1) is 16.0 Å². The molecule has 1 aliphatic heterocycles. The summed E-state index contributed by atoms with van der Waals surface area (Å²) in [4.78, 5) is 35.2. The lowest BCUT2D eigenvalue weighted by atomic mass is 9.95. The highest BCUT2D eigenvalue weighted by atomic mass is 16.6. The maximum atomic E-state index is 11.9. The molecule has 22 heavy (non-hydrogen) atoms. The van der Waals surface area contributed by atoms with Gasteiger partial charge >= 0.3 is 0 Å². The second-order valence-corrected chi connectivity index (χ2v) is 5.18. The van der Waals surface area contributed by atoms with Gasteiger partial charge in [-0.1, -0.05) is 12.1 Å². The van der Waals surface area contributed by atoms with Crippen molar-refractivity contribution in [3.8, 4) is 0 Å². The molecule has 118 valence electrons. The zero-order valence-corrected chi connectivity index (χ0v) is 12.2. The van der Waals surface area contributed by atoms with Crippen LogP contribution in [0.5, 0.6) is 0 Å². The summed E-state index contributed by atoms with van der Waals surface area (Å²) in [7, 11) is 0. The number of carbonyl (C=O) groups is 2. The lowest BCUT2D eigenvalue weighted by Gasteiger charge is -2.32. The quantitative estimate of drug-likeness (QED) is 0.640. The average molecular weight is 306 g/mol. The van der Waals surface area contributed by atoms with E-state index in [0.29, 0.717) is 31.6 Å². The van der Waals surface area contributed by atoms with Crippen molar-refractivity contribution in [3.63, 3.8) is 0 Å². The van der Waals surface area contributed by atoms with E-state index in [9.17, 15) is 19.7 Å². The maximum Gasteiger partial charge on any atom is 0.292 e. The Balaban J connectivity index is 1.96. The SMILES string of the molecule is CC(=O)NNC(=O)C1CCN(c2ccccc2[N+](=O)[O-])CC1. The second-order valence-electron chi connectivity index (χ2n) is 5.18. The molecule has 0 spiro atoms. The Morgan fingerprint density at radius 3 is 2.45 bits per heavy atom. The second kappa shape index (κ2) is 6.88. The van der Waals surface area contributed by atoms with Crippen LogP contribution < -0.4 is 15.8 Å². The summed E-state index contributed by atoms with van der Waals surface area (Å²) < 4.78 is 0. The van der Waals surface area contributed by atoms with Gasteiger partial charge in [0.15, 0.2) is 0 Å². The van der Waals surface area contributed by atoms with Crippen molar-refractivity contribution >= 4 is 23.2 Å². The fourth-order valence-corrected chi connectivity index (χ4v) is 2.52. The number of nitro benzene ring substituents is 1. The number of amides is 2. The molecule has 1 aromatic rings. The molecule has 1 aromatic carbocycles. The van der Waals surface area contributed by atoms with Crippen LogP contribution >= 0.6 is 0 Å². The van der Waals surface area contributed by atoms with Crippen molar-refractivity contribution in [1.29, 1.82) is 0 Å². The van der Waals surface area contributed by atoms with Crippen LogP contribution in [0.2, 0.25) is 0 Å². The molecule has 0 aliphatic carbocycles. The molecule has 0 radical (unpaired) electrons. The van der Waals surface area contributed by atoms with Gasteiger partial charge in [0.25, 0.3) is 5.69 Å². The van der Waals surface area contributed by atoms with Gasteiger partial charge in [0.2, 0.25) is 11.8 Å². The van der Waals surface area contributed by atoms with E-state index in [1.807, 2.05) is 4.90 Å². The van der Waals surface area contributed by atoms with Gasteiger partial charge in [-0.2, -0.15) is 0 Å². The fourth-order valence-electron chi connectivity index (χ4n) is 2.52. The molecule has 1 saturated heterocycles. The van der Waals surface area contributed by atoms with Crippen LogP contribution in [-0.4, -0.2) is 29.8 Å². The number of hydrogen-bond donors (Lipinski definition) is 2. The van der Waals surface area contributed by atoms with Crippen molar-refractivity contribution in [2.24, 2.45) is 5.92 Å². The van der Waals surface area contributed by atoms with Gasteiger partial charge in [-0.15, -0.1) is 0 Å². The molecule has 0 bridgehead atoms. The van der Waals surface area contributed by atoms with E-state index in [0.717, 1.165) is 0 Å². The highest BCUT2D eigenvalue weighted by molar-refractivity contribution is 5.82. The van der Waals surface area contributed by atoms with Crippen LogP contribution in [0.15, 0.2) is 24.3 Å². The minimum Gasteiger partial charge on any atom is -0.366 e. The minimum atomic E-state index is -0.398. The van der Waals surface area contributed by atoms with E-state index in [2.05, 4.69) is 10.9 Å². The van der Waals surface area contributed by atoms with E-state index in [-0.39, 0.29) is 23.4 Å². The Morgan fingerprint density at radius 1 is 1.23 bits per heavy atom. The molecule has 0 saturated carbocycles. The average Bonchev–Trinajstić information content (AvgIpc) is 2.52. The van der Waals surface area contributed by atoms with Gasteiger partial charge in [0.05, 0.1) is 4.92 Å². The Morgan fingerprint density at radius 2 is 1.86 bits per heavy atom. The number of benzene rings is 1. The number of nitrogens with zero attached hydrogens (tertiary/aromatic N) is 2. The highest BCUT2D eigenvalue weighted by Gasteiger charge is 2.28. The third kappa shape index (κ3) is 3.72. The summed E-state index contributed by atoms with van der Waals surface area (Å²) >= 11 is 0. The molecule has 8 heteroatoms. The molecule has 8 nitrogen and oxygen atoms in total. The van der Waals surface area contributed by atoms with Gasteiger partial charge in [0.1, 0.15) is 5.69 Å². The fraction of sp³-hybridized carbons (Fsp3) is 0.429. The molecule has 0 unspecified atom stereocenters. The first kappa shape index (κ1) is 15.7. The van der Waals surface area contributed by atoms with Crippen LogP contribution in [-0.2, 0) is 9.59 Å². The summed E-state index contributed by atoms with van der Waals surface area (Å²) in [5, 5.41) is 11.1. The lowest BCUT2D eigenvalue weighted by molar-refractivity contribution is -0.384. The Labute approximate surface area is 127 Å². The molecule has 0 aromatic heterocycles. The summed E-state index contributed by atoms with van der Waals surface area (Å²) in [6.45, 7) is 2.43. The van der Waals surface area contributed by atoms with Crippen molar-refractivity contribution < 1.29 is 14.5 Å². The zero-order chi connectivity index (χ0) is 16.1. The van der Waals surface area contributed by atoms with Crippen LogP contribution in [0.25, 0.3) is 0 Å². The first-order valence-electron chi connectivity index (χ1n) is 7.04. The number of hydrogen-bond acceptors (Lipinski definition) is 5. The topological polar surface area (TPSA) is 105 Å². The number of anilines is 1. The predicted octanol–water partition coefficient (Wildman–Crippen LogP) is 0.978. The number of carbonyl (C=O) groups excluding carboxylic acids is 2. The lowest BCUT2D eigenvalue weighted by Crippen LogP contribution is -2.46. The van der Waals surface area contributed by atoms with Gasteiger partial charge in [-0.25, -0.2) is 0 Å². The smallest absolute Gasteiger partial charge is 0.292 e. The summed E-state index contributed by atoms with van der Waals surface area (Å²) in [6, 6.07) is 6.59. The molecule has 0 atom stereocenters. The molecule has 1 fully saturated rings. The van der Waals surface area contributed by atoms with E-state index in [1.165, 1.54) is 13.0 Å². The summed E-state index contributed by atoms with van der Waals surface area (Å²) in [5.74, 6) is -0.756. The predicted molar refractivity (Wildman–Crippen MR) is 80.0 cm³/mol. The number of hydrazine groups is 1. The normalized spacial score (nSPS) is 15.2. The van der Waals surface area contributed by atoms with Gasteiger partial charge in [-0.3, -0.25) is 30.6 Å². The van der Waals surface area contributed by atoms with E-state index >= 15 is 0 Å².